The van der Waals surface area contributed by atoms with E-state index < -0.39 is 12.1 Å². The fraction of sp³-hybridized carbons (Fsp3) is 0.571. The molecule has 1 aromatic rings. The molecule has 1 saturated carbocycles. The molecule has 108 valence electrons. The number of benzene rings is 1. The van der Waals surface area contributed by atoms with E-state index in [2.05, 4.69) is 15.9 Å². The Morgan fingerprint density at radius 1 is 1.26 bits per heavy atom. The molecular formula is C14H20BrCl2NO. The largest absolute Gasteiger partial charge is 0.391 e. The molecule has 1 aliphatic rings. The standard InChI is InChI=1S/C14H19BrClNO.ClH/c15-10-6-7-12(16)11(8-10)13(17)14(18)9-4-2-1-3-5-9;/h6-9,13-14,18H,1-5,17H2;1H/t13-,14+;/m1./s1. The van der Waals surface area contributed by atoms with E-state index >= 15 is 0 Å². The number of rotatable bonds is 3. The molecule has 0 heterocycles. The maximum atomic E-state index is 10.4. The number of aliphatic hydroxyl groups excluding tert-OH is 1. The number of hydrogen-bond donors (Lipinski definition) is 2. The smallest absolute Gasteiger partial charge is 0.0761 e. The maximum Gasteiger partial charge on any atom is 0.0761 e. The van der Waals surface area contributed by atoms with Crippen LogP contribution >= 0.6 is 39.9 Å². The van der Waals surface area contributed by atoms with Gasteiger partial charge in [-0.1, -0.05) is 46.8 Å². The van der Waals surface area contributed by atoms with Gasteiger partial charge in [-0.25, -0.2) is 0 Å². The summed E-state index contributed by atoms with van der Waals surface area (Å²) >= 11 is 9.58. The monoisotopic (exact) mass is 367 g/mol. The van der Waals surface area contributed by atoms with Crippen molar-refractivity contribution < 1.29 is 5.11 Å². The van der Waals surface area contributed by atoms with Crippen molar-refractivity contribution in [1.82, 2.24) is 0 Å². The van der Waals surface area contributed by atoms with Crippen LogP contribution < -0.4 is 5.73 Å². The average Bonchev–Trinajstić information content (AvgIpc) is 2.41. The van der Waals surface area contributed by atoms with Crippen LogP contribution in [0.4, 0.5) is 0 Å². The summed E-state index contributed by atoms with van der Waals surface area (Å²) in [4.78, 5) is 0. The van der Waals surface area contributed by atoms with Gasteiger partial charge in [0.05, 0.1) is 12.1 Å². The first-order valence-electron chi connectivity index (χ1n) is 6.48. The van der Waals surface area contributed by atoms with E-state index in [1.807, 2.05) is 18.2 Å². The second-order valence-electron chi connectivity index (χ2n) is 5.08. The zero-order chi connectivity index (χ0) is 13.1. The topological polar surface area (TPSA) is 46.2 Å². The highest BCUT2D eigenvalue weighted by Crippen LogP contribution is 2.34. The summed E-state index contributed by atoms with van der Waals surface area (Å²) in [5, 5.41) is 11.0. The molecule has 0 unspecified atom stereocenters. The van der Waals surface area contributed by atoms with E-state index in [1.54, 1.807) is 0 Å². The van der Waals surface area contributed by atoms with Gasteiger partial charge in [0.25, 0.3) is 0 Å². The predicted molar refractivity (Wildman–Crippen MR) is 85.9 cm³/mol. The van der Waals surface area contributed by atoms with Gasteiger partial charge in [0.15, 0.2) is 0 Å². The van der Waals surface area contributed by atoms with Crippen LogP contribution in [0.5, 0.6) is 0 Å². The van der Waals surface area contributed by atoms with Gasteiger partial charge in [-0.2, -0.15) is 0 Å². The van der Waals surface area contributed by atoms with Crippen molar-refractivity contribution in [3.8, 4) is 0 Å². The van der Waals surface area contributed by atoms with E-state index in [4.69, 9.17) is 17.3 Å². The Morgan fingerprint density at radius 3 is 2.53 bits per heavy atom. The lowest BCUT2D eigenvalue weighted by Crippen LogP contribution is -2.34. The van der Waals surface area contributed by atoms with Gasteiger partial charge in [-0.15, -0.1) is 12.4 Å². The fourth-order valence-corrected chi connectivity index (χ4v) is 3.35. The fourth-order valence-electron chi connectivity index (χ4n) is 2.72. The molecular weight excluding hydrogens is 349 g/mol. The molecule has 0 bridgehead atoms. The summed E-state index contributed by atoms with van der Waals surface area (Å²) in [7, 11) is 0. The van der Waals surface area contributed by atoms with Crippen molar-refractivity contribution >= 4 is 39.9 Å². The van der Waals surface area contributed by atoms with Crippen molar-refractivity contribution in [3.05, 3.63) is 33.3 Å². The minimum absolute atomic E-state index is 0. The zero-order valence-electron chi connectivity index (χ0n) is 10.7. The number of nitrogens with two attached hydrogens (primary N) is 1. The normalized spacial score (nSPS) is 19.6. The summed E-state index contributed by atoms with van der Waals surface area (Å²) in [6.07, 6.45) is 5.30. The second-order valence-corrected chi connectivity index (χ2v) is 6.40. The van der Waals surface area contributed by atoms with Crippen molar-refractivity contribution in [2.24, 2.45) is 11.7 Å². The zero-order valence-corrected chi connectivity index (χ0v) is 13.8. The molecule has 5 heteroatoms. The molecule has 0 saturated heterocycles. The van der Waals surface area contributed by atoms with Crippen LogP contribution in [0.1, 0.15) is 43.7 Å². The Morgan fingerprint density at radius 2 is 1.89 bits per heavy atom. The number of halogens is 3. The van der Waals surface area contributed by atoms with Crippen molar-refractivity contribution in [2.45, 2.75) is 44.2 Å². The number of hydrogen-bond acceptors (Lipinski definition) is 2. The number of aliphatic hydroxyl groups is 1. The van der Waals surface area contributed by atoms with Gasteiger partial charge in [0.2, 0.25) is 0 Å². The molecule has 3 N–H and O–H groups in total. The molecule has 0 radical (unpaired) electrons. The molecule has 1 aromatic carbocycles. The van der Waals surface area contributed by atoms with Crippen molar-refractivity contribution in [3.63, 3.8) is 0 Å². The van der Waals surface area contributed by atoms with Gasteiger partial charge in [-0.3, -0.25) is 0 Å². The first-order valence-corrected chi connectivity index (χ1v) is 7.65. The minimum Gasteiger partial charge on any atom is -0.391 e. The Labute approximate surface area is 134 Å². The summed E-state index contributed by atoms with van der Waals surface area (Å²) in [5.41, 5.74) is 7.01. The molecule has 0 amide bonds. The highest BCUT2D eigenvalue weighted by Gasteiger charge is 2.28. The second kappa shape index (κ2) is 7.84. The van der Waals surface area contributed by atoms with Crippen LogP contribution in [-0.2, 0) is 0 Å². The van der Waals surface area contributed by atoms with Gasteiger partial charge in [0, 0.05) is 9.50 Å². The van der Waals surface area contributed by atoms with E-state index in [9.17, 15) is 5.11 Å². The van der Waals surface area contributed by atoms with Crippen molar-refractivity contribution in [1.29, 1.82) is 0 Å². The molecule has 0 aromatic heterocycles. The average molecular weight is 369 g/mol. The van der Waals surface area contributed by atoms with Gasteiger partial charge >= 0.3 is 0 Å². The lowest BCUT2D eigenvalue weighted by Gasteiger charge is -2.31. The summed E-state index contributed by atoms with van der Waals surface area (Å²) in [5.74, 6) is 0.309. The molecule has 0 spiro atoms. The van der Waals surface area contributed by atoms with Crippen LogP contribution in [0.25, 0.3) is 0 Å². The molecule has 19 heavy (non-hydrogen) atoms. The Balaban J connectivity index is 0.00000180. The van der Waals surface area contributed by atoms with Crippen LogP contribution in [0, 0.1) is 5.92 Å². The Kier molecular flexibility index (Phi) is 7.12. The van der Waals surface area contributed by atoms with E-state index in [1.165, 1.54) is 19.3 Å². The van der Waals surface area contributed by atoms with Gasteiger partial charge in [-0.05, 0) is 42.5 Å². The summed E-state index contributed by atoms with van der Waals surface area (Å²) in [6.45, 7) is 0. The Hall–Kier alpha value is 0.200. The predicted octanol–water partition coefficient (Wildman–Crippen LogP) is 4.47. The summed E-state index contributed by atoms with van der Waals surface area (Å²) in [6, 6.07) is 5.19. The van der Waals surface area contributed by atoms with Crippen LogP contribution in [-0.4, -0.2) is 11.2 Å². The maximum absolute atomic E-state index is 10.4. The first-order chi connectivity index (χ1) is 8.59. The molecule has 1 aliphatic carbocycles. The third kappa shape index (κ3) is 4.33. The minimum atomic E-state index is -0.503. The third-order valence-electron chi connectivity index (χ3n) is 3.82. The van der Waals surface area contributed by atoms with Gasteiger partial charge < -0.3 is 10.8 Å². The van der Waals surface area contributed by atoms with Gasteiger partial charge in [0.1, 0.15) is 0 Å². The van der Waals surface area contributed by atoms with E-state index in [-0.39, 0.29) is 12.4 Å². The highest BCUT2D eigenvalue weighted by atomic mass is 79.9. The third-order valence-corrected chi connectivity index (χ3v) is 4.66. The molecule has 2 atom stereocenters. The van der Waals surface area contributed by atoms with Crippen LogP contribution in [0.3, 0.4) is 0 Å². The molecule has 2 nitrogen and oxygen atoms in total. The quantitative estimate of drug-likeness (QED) is 0.826. The lowest BCUT2D eigenvalue weighted by atomic mass is 9.81. The molecule has 1 fully saturated rings. The van der Waals surface area contributed by atoms with E-state index in [0.29, 0.717) is 10.9 Å². The van der Waals surface area contributed by atoms with Crippen LogP contribution in [0.15, 0.2) is 22.7 Å². The Bertz CT molecular complexity index is 410. The van der Waals surface area contributed by atoms with Crippen molar-refractivity contribution in [2.75, 3.05) is 0 Å². The summed E-state index contributed by atoms with van der Waals surface area (Å²) < 4.78 is 0.938. The SMILES string of the molecule is Cl.N[C@H](c1cc(Br)ccc1Cl)[C@@H](O)C1CCCCC1. The first kappa shape index (κ1) is 17.3. The lowest BCUT2D eigenvalue weighted by molar-refractivity contribution is 0.0618. The molecule has 0 aliphatic heterocycles. The molecule has 2 rings (SSSR count). The van der Waals surface area contributed by atoms with Crippen LogP contribution in [0.2, 0.25) is 5.02 Å². The highest BCUT2D eigenvalue weighted by molar-refractivity contribution is 9.10. The van der Waals surface area contributed by atoms with E-state index in [0.717, 1.165) is 22.9 Å².